The van der Waals surface area contributed by atoms with Crippen LogP contribution in [0.4, 0.5) is 11.5 Å². The summed E-state index contributed by atoms with van der Waals surface area (Å²) >= 11 is 0. The number of anilines is 2. The summed E-state index contributed by atoms with van der Waals surface area (Å²) in [7, 11) is 1.69. The Bertz CT molecular complexity index is 1180. The molecule has 2 aliphatic heterocycles. The van der Waals surface area contributed by atoms with Crippen molar-refractivity contribution in [2.75, 3.05) is 56.2 Å². The zero-order valence-electron chi connectivity index (χ0n) is 19.5. The number of benzene rings is 1. The zero-order valence-corrected chi connectivity index (χ0v) is 19.5. The van der Waals surface area contributed by atoms with Gasteiger partial charge in [-0.25, -0.2) is 15.0 Å². The smallest absolute Gasteiger partial charge is 0.291 e. The molecule has 0 unspecified atom stereocenters. The largest absolute Gasteiger partial charge is 0.495 e. The van der Waals surface area contributed by atoms with Crippen molar-refractivity contribution in [2.24, 2.45) is 0 Å². The van der Waals surface area contributed by atoms with Gasteiger partial charge in [0.15, 0.2) is 5.65 Å². The van der Waals surface area contributed by atoms with Crippen molar-refractivity contribution in [1.29, 1.82) is 0 Å². The Hall–Kier alpha value is -3.42. The quantitative estimate of drug-likeness (QED) is 0.609. The summed E-state index contributed by atoms with van der Waals surface area (Å²) in [5.74, 6) is 1.81. The molecule has 0 radical (unpaired) electrons. The SMILES string of the molecule is COc1ccccc1N1CCN(C(=O)c2nc(N3CCCC3)c3c(C)cc(C)nc3n2)CC1. The lowest BCUT2D eigenvalue weighted by Crippen LogP contribution is -2.49. The van der Waals surface area contributed by atoms with Gasteiger partial charge in [-0.1, -0.05) is 12.1 Å². The molecule has 5 rings (SSSR count). The van der Waals surface area contributed by atoms with Crippen LogP contribution in [-0.4, -0.2) is 72.1 Å². The number of hydrogen-bond donors (Lipinski definition) is 0. The van der Waals surface area contributed by atoms with E-state index in [9.17, 15) is 4.79 Å². The molecular weight excluding hydrogens is 416 g/mol. The number of piperazine rings is 1. The number of carbonyl (C=O) groups is 1. The summed E-state index contributed by atoms with van der Waals surface area (Å²) in [5.41, 5.74) is 3.67. The number of carbonyl (C=O) groups excluding carboxylic acids is 1. The van der Waals surface area contributed by atoms with Crippen LogP contribution < -0.4 is 14.5 Å². The molecule has 0 spiro atoms. The molecule has 1 amide bonds. The molecule has 8 nitrogen and oxygen atoms in total. The average Bonchev–Trinajstić information content (AvgIpc) is 3.37. The van der Waals surface area contributed by atoms with Crippen LogP contribution in [0.2, 0.25) is 0 Å². The lowest BCUT2D eigenvalue weighted by molar-refractivity contribution is 0.0734. The van der Waals surface area contributed by atoms with Crippen LogP contribution in [-0.2, 0) is 0 Å². The third-order valence-corrected chi connectivity index (χ3v) is 6.56. The van der Waals surface area contributed by atoms with Gasteiger partial charge in [0.2, 0.25) is 5.82 Å². The Kier molecular flexibility index (Phi) is 5.74. The van der Waals surface area contributed by atoms with Crippen LogP contribution in [0, 0.1) is 13.8 Å². The monoisotopic (exact) mass is 446 g/mol. The van der Waals surface area contributed by atoms with Crippen LogP contribution in [0.25, 0.3) is 11.0 Å². The van der Waals surface area contributed by atoms with Gasteiger partial charge in [-0.15, -0.1) is 0 Å². The summed E-state index contributed by atoms with van der Waals surface area (Å²) in [6.07, 6.45) is 2.27. The Labute approximate surface area is 194 Å². The van der Waals surface area contributed by atoms with Gasteiger partial charge in [0.25, 0.3) is 5.91 Å². The van der Waals surface area contributed by atoms with Crippen molar-refractivity contribution in [1.82, 2.24) is 19.9 Å². The highest BCUT2D eigenvalue weighted by Crippen LogP contribution is 2.31. The predicted molar refractivity (Wildman–Crippen MR) is 129 cm³/mol. The number of aryl methyl sites for hydroxylation is 2. The third-order valence-electron chi connectivity index (χ3n) is 6.56. The van der Waals surface area contributed by atoms with E-state index in [1.807, 2.05) is 30.0 Å². The molecule has 8 heteroatoms. The summed E-state index contributed by atoms with van der Waals surface area (Å²) in [5, 5.41) is 0.958. The molecule has 2 aromatic heterocycles. The second kappa shape index (κ2) is 8.84. The summed E-state index contributed by atoms with van der Waals surface area (Å²) in [6.45, 7) is 8.61. The lowest BCUT2D eigenvalue weighted by atomic mass is 10.1. The highest BCUT2D eigenvalue weighted by atomic mass is 16.5. The fraction of sp³-hybridized carbons (Fsp3) is 0.440. The first-order chi connectivity index (χ1) is 16.0. The second-order valence-electron chi connectivity index (χ2n) is 8.80. The number of nitrogens with zero attached hydrogens (tertiary/aromatic N) is 6. The minimum absolute atomic E-state index is 0.127. The number of rotatable bonds is 4. The highest BCUT2D eigenvalue weighted by Gasteiger charge is 2.28. The first-order valence-corrected chi connectivity index (χ1v) is 11.6. The minimum Gasteiger partial charge on any atom is -0.495 e. The summed E-state index contributed by atoms with van der Waals surface area (Å²) < 4.78 is 5.51. The Morgan fingerprint density at radius 1 is 0.909 bits per heavy atom. The molecule has 172 valence electrons. The highest BCUT2D eigenvalue weighted by molar-refractivity contribution is 5.97. The average molecular weight is 447 g/mol. The molecule has 0 atom stereocenters. The molecule has 0 aliphatic carbocycles. The Morgan fingerprint density at radius 2 is 1.64 bits per heavy atom. The van der Waals surface area contributed by atoms with Gasteiger partial charge in [-0.2, -0.15) is 0 Å². The molecule has 33 heavy (non-hydrogen) atoms. The van der Waals surface area contributed by atoms with Crippen molar-refractivity contribution in [2.45, 2.75) is 26.7 Å². The topological polar surface area (TPSA) is 74.7 Å². The van der Waals surface area contributed by atoms with Crippen molar-refractivity contribution in [3.8, 4) is 5.75 Å². The maximum atomic E-state index is 13.5. The molecule has 2 saturated heterocycles. The fourth-order valence-electron chi connectivity index (χ4n) is 4.89. The molecule has 0 bridgehead atoms. The van der Waals surface area contributed by atoms with E-state index < -0.39 is 0 Å². The van der Waals surface area contributed by atoms with Gasteiger partial charge in [-0.05, 0) is 50.5 Å². The van der Waals surface area contributed by atoms with Crippen molar-refractivity contribution in [3.63, 3.8) is 0 Å². The molecule has 2 fully saturated rings. The van der Waals surface area contributed by atoms with E-state index in [1.165, 1.54) is 0 Å². The zero-order chi connectivity index (χ0) is 22.9. The lowest BCUT2D eigenvalue weighted by Gasteiger charge is -2.36. The molecule has 1 aromatic carbocycles. The normalized spacial score (nSPS) is 16.5. The maximum absolute atomic E-state index is 13.5. The van der Waals surface area contributed by atoms with Gasteiger partial charge in [0.1, 0.15) is 11.6 Å². The van der Waals surface area contributed by atoms with Gasteiger partial charge >= 0.3 is 0 Å². The van der Waals surface area contributed by atoms with Crippen molar-refractivity contribution < 1.29 is 9.53 Å². The molecule has 0 N–H and O–H groups in total. The number of ether oxygens (including phenoxy) is 1. The number of para-hydroxylation sites is 2. The van der Waals surface area contributed by atoms with E-state index >= 15 is 0 Å². The number of fused-ring (bicyclic) bond motifs is 1. The van der Waals surface area contributed by atoms with E-state index in [-0.39, 0.29) is 11.7 Å². The Morgan fingerprint density at radius 3 is 2.36 bits per heavy atom. The van der Waals surface area contributed by atoms with Crippen molar-refractivity contribution >= 4 is 28.4 Å². The predicted octanol–water partition coefficient (Wildman–Crippen LogP) is 3.21. The Balaban J connectivity index is 1.42. The van der Waals surface area contributed by atoms with E-state index in [0.717, 1.165) is 72.9 Å². The fourth-order valence-corrected chi connectivity index (χ4v) is 4.89. The number of methoxy groups -OCH3 is 1. The minimum atomic E-state index is -0.127. The third kappa shape index (κ3) is 4.05. The first kappa shape index (κ1) is 21.4. The van der Waals surface area contributed by atoms with E-state index in [0.29, 0.717) is 18.7 Å². The van der Waals surface area contributed by atoms with Crippen LogP contribution in [0.1, 0.15) is 34.7 Å². The van der Waals surface area contributed by atoms with Crippen LogP contribution in [0.3, 0.4) is 0 Å². The molecular formula is C25H30N6O2. The summed E-state index contributed by atoms with van der Waals surface area (Å²) in [6, 6.07) is 10.1. The van der Waals surface area contributed by atoms with Gasteiger partial charge in [0.05, 0.1) is 18.2 Å². The maximum Gasteiger partial charge on any atom is 0.291 e. The van der Waals surface area contributed by atoms with E-state index in [4.69, 9.17) is 9.72 Å². The van der Waals surface area contributed by atoms with Gasteiger partial charge < -0.3 is 19.4 Å². The van der Waals surface area contributed by atoms with Crippen molar-refractivity contribution in [3.05, 3.63) is 47.4 Å². The van der Waals surface area contributed by atoms with Crippen LogP contribution >= 0.6 is 0 Å². The molecule has 2 aliphatic rings. The van der Waals surface area contributed by atoms with Crippen LogP contribution in [0.5, 0.6) is 5.75 Å². The van der Waals surface area contributed by atoms with E-state index in [1.54, 1.807) is 7.11 Å². The summed E-state index contributed by atoms with van der Waals surface area (Å²) in [4.78, 5) is 33.9. The standard InChI is InChI=1S/C25H30N6O2/c1-17-16-18(2)26-22-21(17)24(30-10-6-7-11-30)28-23(27-22)25(32)31-14-12-29(13-15-31)19-8-4-5-9-20(19)33-3/h4-5,8-9,16H,6-7,10-15H2,1-3H3. The van der Waals surface area contributed by atoms with Crippen LogP contribution in [0.15, 0.2) is 30.3 Å². The molecule has 4 heterocycles. The number of pyridine rings is 1. The molecule has 3 aromatic rings. The number of hydrogen-bond acceptors (Lipinski definition) is 7. The first-order valence-electron chi connectivity index (χ1n) is 11.6. The molecule has 0 saturated carbocycles. The number of aromatic nitrogens is 3. The van der Waals surface area contributed by atoms with Gasteiger partial charge in [-0.3, -0.25) is 4.79 Å². The second-order valence-corrected chi connectivity index (χ2v) is 8.80. The number of amides is 1. The van der Waals surface area contributed by atoms with Gasteiger partial charge in [0, 0.05) is 45.0 Å². The van der Waals surface area contributed by atoms with E-state index in [2.05, 4.69) is 38.8 Å².